The molecule has 0 amide bonds. The number of nitrogens with one attached hydrogen (secondary N) is 1. The molecule has 2 aliphatic heterocycles. The maximum atomic E-state index is 6.44. The average Bonchev–Trinajstić information content (AvgIpc) is 3.19. The molecule has 8 heteroatoms. The molecule has 0 saturated carbocycles. The predicted octanol–water partition coefficient (Wildman–Crippen LogP) is 3.15. The fourth-order valence-electron chi connectivity index (χ4n) is 4.81. The van der Waals surface area contributed by atoms with Gasteiger partial charge < -0.3 is 10.1 Å². The van der Waals surface area contributed by atoms with E-state index in [4.69, 9.17) is 29.2 Å². The Morgan fingerprint density at radius 3 is 2.87 bits per heavy atom. The number of halogens is 1. The highest BCUT2D eigenvalue weighted by atomic mass is 35.5. The van der Waals surface area contributed by atoms with Gasteiger partial charge in [0.05, 0.1) is 5.69 Å². The van der Waals surface area contributed by atoms with Gasteiger partial charge in [0.2, 0.25) is 0 Å². The van der Waals surface area contributed by atoms with E-state index in [9.17, 15) is 0 Å². The van der Waals surface area contributed by atoms with Crippen molar-refractivity contribution >= 4 is 36.4 Å². The average molecular weight is 436 g/mol. The highest BCUT2D eigenvalue weighted by Gasteiger charge is 2.27. The third-order valence-corrected chi connectivity index (χ3v) is 6.81. The predicted molar refractivity (Wildman–Crippen MR) is 125 cm³/mol. The Morgan fingerprint density at radius 2 is 2.03 bits per heavy atom. The van der Waals surface area contributed by atoms with Gasteiger partial charge in [-0.3, -0.25) is 4.90 Å². The van der Waals surface area contributed by atoms with Crippen LogP contribution in [0.2, 0.25) is 5.02 Å². The number of nitrogens with zero attached hydrogens (tertiary/aromatic N) is 4. The van der Waals surface area contributed by atoms with Crippen molar-refractivity contribution in [2.24, 2.45) is 5.92 Å². The van der Waals surface area contributed by atoms with E-state index in [-0.39, 0.29) is 0 Å². The first-order chi connectivity index (χ1) is 15.2. The zero-order valence-electron chi connectivity index (χ0n) is 17.6. The van der Waals surface area contributed by atoms with Gasteiger partial charge in [0, 0.05) is 55.2 Å². The summed E-state index contributed by atoms with van der Waals surface area (Å²) in [4.78, 5) is 7.39. The van der Waals surface area contributed by atoms with Crippen LogP contribution in [0.25, 0.3) is 16.9 Å². The lowest BCUT2D eigenvalue weighted by molar-refractivity contribution is 0.0190. The van der Waals surface area contributed by atoms with Crippen molar-refractivity contribution < 1.29 is 4.74 Å². The summed E-state index contributed by atoms with van der Waals surface area (Å²) in [5.74, 6) is 1.48. The fourth-order valence-corrected chi connectivity index (χ4v) is 5.04. The normalized spacial score (nSPS) is 20.9. The lowest BCUT2D eigenvalue weighted by Crippen LogP contribution is -2.46. The van der Waals surface area contributed by atoms with Gasteiger partial charge >= 0.3 is 0 Å². The molecule has 1 aromatic carbocycles. The van der Waals surface area contributed by atoms with Crippen LogP contribution in [0, 0.1) is 5.92 Å². The SMILES string of the molecule is [B]c1cnn2c(NCC3CCCN(C4CCOCC4)C3)cc(-c3ccccc3Cl)nc12. The minimum absolute atomic E-state index is 0.556. The molecule has 3 aromatic rings. The molecule has 0 bridgehead atoms. The van der Waals surface area contributed by atoms with Crippen molar-refractivity contribution in [2.45, 2.75) is 31.7 Å². The van der Waals surface area contributed by atoms with Crippen LogP contribution in [0.4, 0.5) is 5.82 Å². The maximum Gasteiger partial charge on any atom is 0.150 e. The van der Waals surface area contributed by atoms with Gasteiger partial charge in [-0.25, -0.2) is 4.98 Å². The second-order valence-corrected chi connectivity index (χ2v) is 8.98. The number of hydrogen-bond acceptors (Lipinski definition) is 5. The number of likely N-dealkylation sites (tertiary alicyclic amines) is 1. The number of anilines is 1. The molecule has 4 heterocycles. The number of ether oxygens (including phenoxy) is 1. The molecule has 2 aromatic heterocycles. The van der Waals surface area contributed by atoms with Gasteiger partial charge in [0.25, 0.3) is 0 Å². The largest absolute Gasteiger partial charge is 0.381 e. The molecule has 160 valence electrons. The standard InChI is InChI=1S/C23H27BClN5O/c24-19-14-27-30-22(12-21(28-23(19)30)18-5-1-2-6-20(18)25)26-13-16-4-3-9-29(15-16)17-7-10-31-11-8-17/h1-2,5-6,12,14,16-17,26H,3-4,7-11,13,15H2. The van der Waals surface area contributed by atoms with Crippen LogP contribution in [-0.2, 0) is 4.74 Å². The van der Waals surface area contributed by atoms with Gasteiger partial charge in [-0.05, 0) is 49.7 Å². The van der Waals surface area contributed by atoms with E-state index in [1.165, 1.54) is 19.4 Å². The van der Waals surface area contributed by atoms with E-state index in [1.807, 2.05) is 30.3 Å². The van der Waals surface area contributed by atoms with E-state index in [0.717, 1.165) is 56.2 Å². The minimum atomic E-state index is 0.556. The molecular weight excluding hydrogens is 409 g/mol. The summed E-state index contributed by atoms with van der Waals surface area (Å²) in [7, 11) is 6.15. The summed E-state index contributed by atoms with van der Waals surface area (Å²) in [5.41, 5.74) is 2.88. The highest BCUT2D eigenvalue weighted by Crippen LogP contribution is 2.29. The number of benzene rings is 1. The van der Waals surface area contributed by atoms with Gasteiger partial charge in [0.1, 0.15) is 13.7 Å². The summed E-state index contributed by atoms with van der Waals surface area (Å²) in [5, 5.41) is 8.74. The second-order valence-electron chi connectivity index (χ2n) is 8.57. The summed E-state index contributed by atoms with van der Waals surface area (Å²) >= 11 is 6.44. The Labute approximate surface area is 189 Å². The van der Waals surface area contributed by atoms with E-state index in [2.05, 4.69) is 15.3 Å². The monoisotopic (exact) mass is 435 g/mol. The number of rotatable bonds is 5. The summed E-state index contributed by atoms with van der Waals surface area (Å²) in [6.45, 7) is 5.01. The lowest BCUT2D eigenvalue weighted by atomic mass is 9.94. The van der Waals surface area contributed by atoms with E-state index in [1.54, 1.807) is 10.7 Å². The topological polar surface area (TPSA) is 54.7 Å². The zero-order valence-corrected chi connectivity index (χ0v) is 18.4. The molecule has 5 rings (SSSR count). The molecule has 1 N–H and O–H groups in total. The first-order valence-electron chi connectivity index (χ1n) is 11.1. The van der Waals surface area contributed by atoms with Gasteiger partial charge in [-0.15, -0.1) is 0 Å². The summed E-state index contributed by atoms with van der Waals surface area (Å²) < 4.78 is 7.33. The van der Waals surface area contributed by atoms with E-state index in [0.29, 0.717) is 28.1 Å². The number of hydrogen-bond donors (Lipinski definition) is 1. The van der Waals surface area contributed by atoms with Crippen molar-refractivity contribution in [3.8, 4) is 11.3 Å². The molecule has 1 unspecified atom stereocenters. The van der Waals surface area contributed by atoms with Crippen LogP contribution in [0.15, 0.2) is 36.5 Å². The summed E-state index contributed by atoms with van der Waals surface area (Å²) in [6, 6.07) is 10.4. The Kier molecular flexibility index (Phi) is 6.16. The Balaban J connectivity index is 1.35. The smallest absolute Gasteiger partial charge is 0.150 e. The number of fused-ring (bicyclic) bond motifs is 1. The first kappa shape index (κ1) is 20.8. The van der Waals surface area contributed by atoms with Crippen LogP contribution in [0.5, 0.6) is 0 Å². The molecule has 2 saturated heterocycles. The zero-order chi connectivity index (χ0) is 21.2. The Bertz CT molecular complexity index is 1050. The molecule has 2 radical (unpaired) electrons. The molecule has 6 nitrogen and oxygen atoms in total. The molecule has 0 aliphatic carbocycles. The van der Waals surface area contributed by atoms with Crippen molar-refractivity contribution in [3.05, 3.63) is 41.6 Å². The van der Waals surface area contributed by atoms with Gasteiger partial charge in [-0.1, -0.05) is 29.8 Å². The van der Waals surface area contributed by atoms with Gasteiger partial charge in [0.15, 0.2) is 5.65 Å². The third-order valence-electron chi connectivity index (χ3n) is 6.48. The van der Waals surface area contributed by atoms with E-state index < -0.39 is 0 Å². The molecule has 2 fully saturated rings. The second kappa shape index (κ2) is 9.19. The molecule has 1 atom stereocenters. The maximum absolute atomic E-state index is 6.44. The van der Waals surface area contributed by atoms with Crippen molar-refractivity contribution in [1.29, 1.82) is 0 Å². The van der Waals surface area contributed by atoms with Crippen LogP contribution in [0.1, 0.15) is 25.7 Å². The van der Waals surface area contributed by atoms with Crippen molar-refractivity contribution in [1.82, 2.24) is 19.5 Å². The third kappa shape index (κ3) is 4.45. The van der Waals surface area contributed by atoms with Crippen LogP contribution < -0.4 is 10.8 Å². The van der Waals surface area contributed by atoms with Crippen LogP contribution in [0.3, 0.4) is 0 Å². The highest BCUT2D eigenvalue weighted by molar-refractivity contribution is 6.36. The first-order valence-corrected chi connectivity index (χ1v) is 11.5. The van der Waals surface area contributed by atoms with Gasteiger partial charge in [-0.2, -0.15) is 9.61 Å². The molecule has 0 spiro atoms. The van der Waals surface area contributed by atoms with Crippen molar-refractivity contribution in [2.75, 3.05) is 38.2 Å². The fraction of sp³-hybridized carbons (Fsp3) is 0.478. The number of aromatic nitrogens is 3. The molecule has 31 heavy (non-hydrogen) atoms. The minimum Gasteiger partial charge on any atom is -0.381 e. The summed E-state index contributed by atoms with van der Waals surface area (Å²) in [6.07, 6.45) is 6.43. The quantitative estimate of drug-likeness (QED) is 0.624. The Morgan fingerprint density at radius 1 is 1.19 bits per heavy atom. The molecule has 2 aliphatic rings. The van der Waals surface area contributed by atoms with Crippen molar-refractivity contribution in [3.63, 3.8) is 0 Å². The lowest BCUT2D eigenvalue weighted by Gasteiger charge is -2.40. The van der Waals surface area contributed by atoms with E-state index >= 15 is 0 Å². The molecular formula is C23H27BClN5O. The Hall–Kier alpha value is -2.09. The van der Waals surface area contributed by atoms with Crippen LogP contribution >= 0.6 is 11.6 Å². The van der Waals surface area contributed by atoms with Crippen LogP contribution in [-0.4, -0.2) is 66.2 Å². The number of piperidine rings is 1.